The Hall–Kier alpha value is -2.34. The lowest BCUT2D eigenvalue weighted by Crippen LogP contribution is -2.38. The molecule has 1 unspecified atom stereocenters. The molecule has 2 aromatic rings. The Morgan fingerprint density at radius 3 is 2.61 bits per heavy atom. The summed E-state index contributed by atoms with van der Waals surface area (Å²) >= 11 is 0. The Balaban J connectivity index is 1.85. The quantitative estimate of drug-likeness (QED) is 0.735. The van der Waals surface area contributed by atoms with E-state index in [0.29, 0.717) is 5.69 Å². The molecule has 0 radical (unpaired) electrons. The number of aliphatic hydroxyl groups excluding tert-OH is 1. The van der Waals surface area contributed by atoms with E-state index in [-0.39, 0.29) is 18.5 Å². The lowest BCUT2D eigenvalue weighted by molar-refractivity contribution is 0.104. The molecule has 23 heavy (non-hydrogen) atoms. The molecule has 6 heteroatoms. The molecule has 0 saturated heterocycles. The Labute approximate surface area is 136 Å². The first-order valence-electron chi connectivity index (χ1n) is 7.97. The maximum absolute atomic E-state index is 11.9. The van der Waals surface area contributed by atoms with E-state index in [1.165, 1.54) is 0 Å². The number of nitrogens with zero attached hydrogens (tertiary/aromatic N) is 2. The van der Waals surface area contributed by atoms with E-state index >= 15 is 0 Å². The zero-order valence-corrected chi connectivity index (χ0v) is 13.6. The Morgan fingerprint density at radius 1 is 1.26 bits per heavy atom. The van der Waals surface area contributed by atoms with Crippen molar-refractivity contribution in [3.05, 3.63) is 42.7 Å². The first-order chi connectivity index (χ1) is 11.1. The van der Waals surface area contributed by atoms with Crippen molar-refractivity contribution in [1.29, 1.82) is 0 Å². The van der Waals surface area contributed by atoms with Gasteiger partial charge in [-0.3, -0.25) is 0 Å². The summed E-state index contributed by atoms with van der Waals surface area (Å²) in [6.07, 6.45) is 4.59. The van der Waals surface area contributed by atoms with Crippen molar-refractivity contribution in [2.24, 2.45) is 5.92 Å². The van der Waals surface area contributed by atoms with Gasteiger partial charge in [-0.05, 0) is 18.1 Å². The Kier molecular flexibility index (Phi) is 6.17. The number of rotatable bonds is 7. The van der Waals surface area contributed by atoms with Crippen LogP contribution in [0.2, 0.25) is 0 Å². The van der Waals surface area contributed by atoms with E-state index < -0.39 is 6.10 Å². The van der Waals surface area contributed by atoms with Gasteiger partial charge in [0.1, 0.15) is 0 Å². The summed E-state index contributed by atoms with van der Waals surface area (Å²) in [6.45, 7) is 4.32. The van der Waals surface area contributed by atoms with Gasteiger partial charge in [0.25, 0.3) is 0 Å². The van der Waals surface area contributed by atoms with Crippen LogP contribution < -0.4 is 10.6 Å². The minimum Gasteiger partial charge on any atom is -0.391 e. The number of aliphatic hydroxyl groups is 1. The monoisotopic (exact) mass is 316 g/mol. The van der Waals surface area contributed by atoms with E-state index in [0.717, 1.165) is 18.5 Å². The van der Waals surface area contributed by atoms with Gasteiger partial charge in [-0.2, -0.15) is 5.10 Å². The maximum Gasteiger partial charge on any atom is 0.319 e. The average molecular weight is 316 g/mol. The molecule has 1 heterocycles. The smallest absolute Gasteiger partial charge is 0.319 e. The van der Waals surface area contributed by atoms with E-state index in [4.69, 9.17) is 0 Å². The fourth-order valence-corrected chi connectivity index (χ4v) is 2.48. The molecular weight excluding hydrogens is 292 g/mol. The lowest BCUT2D eigenvalue weighted by Gasteiger charge is -2.20. The van der Waals surface area contributed by atoms with Crippen LogP contribution in [0, 0.1) is 5.92 Å². The molecule has 2 amide bonds. The van der Waals surface area contributed by atoms with Crippen molar-refractivity contribution >= 4 is 11.7 Å². The van der Waals surface area contributed by atoms with Crippen molar-refractivity contribution < 1.29 is 9.90 Å². The number of anilines is 1. The second-order valence-electron chi connectivity index (χ2n) is 5.49. The second-order valence-corrected chi connectivity index (χ2v) is 5.49. The highest BCUT2D eigenvalue weighted by Crippen LogP contribution is 2.13. The maximum atomic E-state index is 11.9. The third-order valence-electron chi connectivity index (χ3n) is 3.93. The van der Waals surface area contributed by atoms with Gasteiger partial charge >= 0.3 is 6.03 Å². The van der Waals surface area contributed by atoms with Crippen LogP contribution in [-0.4, -0.2) is 33.6 Å². The summed E-state index contributed by atoms with van der Waals surface area (Å²) in [5, 5.41) is 19.6. The van der Waals surface area contributed by atoms with Crippen LogP contribution >= 0.6 is 0 Å². The number of amides is 2. The minimum absolute atomic E-state index is 0.205. The van der Waals surface area contributed by atoms with E-state index in [2.05, 4.69) is 15.7 Å². The third kappa shape index (κ3) is 4.82. The molecule has 1 aromatic heterocycles. The highest BCUT2D eigenvalue weighted by atomic mass is 16.3. The van der Waals surface area contributed by atoms with E-state index in [1.54, 1.807) is 17.1 Å². The number of benzene rings is 1. The molecule has 1 atom stereocenters. The van der Waals surface area contributed by atoms with Crippen molar-refractivity contribution in [2.45, 2.75) is 32.8 Å². The largest absolute Gasteiger partial charge is 0.391 e. The number of para-hydroxylation sites is 1. The van der Waals surface area contributed by atoms with Crippen LogP contribution in [0.3, 0.4) is 0 Å². The highest BCUT2D eigenvalue weighted by Gasteiger charge is 2.16. The van der Waals surface area contributed by atoms with Gasteiger partial charge in [-0.1, -0.05) is 44.9 Å². The SMILES string of the molecule is CCC(CC)C(O)CNC(=O)Nc1cnn(-c2ccccc2)c1. The molecule has 1 aromatic carbocycles. The highest BCUT2D eigenvalue weighted by molar-refractivity contribution is 5.88. The zero-order valence-electron chi connectivity index (χ0n) is 13.6. The predicted octanol–water partition coefficient (Wildman–Crippen LogP) is 2.79. The zero-order chi connectivity index (χ0) is 16.7. The van der Waals surface area contributed by atoms with E-state index in [9.17, 15) is 9.90 Å². The second kappa shape index (κ2) is 8.33. The Morgan fingerprint density at radius 2 is 1.96 bits per heavy atom. The first kappa shape index (κ1) is 17.0. The molecule has 0 spiro atoms. The van der Waals surface area contributed by atoms with Gasteiger partial charge in [-0.25, -0.2) is 9.48 Å². The van der Waals surface area contributed by atoms with Gasteiger partial charge in [0.2, 0.25) is 0 Å². The summed E-state index contributed by atoms with van der Waals surface area (Å²) in [5.74, 6) is 0.205. The summed E-state index contributed by atoms with van der Waals surface area (Å²) in [5.41, 5.74) is 1.52. The van der Waals surface area contributed by atoms with E-state index in [1.807, 2.05) is 44.2 Å². The molecule has 2 rings (SSSR count). The normalized spacial score (nSPS) is 12.2. The molecule has 0 saturated carbocycles. The number of hydrogen-bond acceptors (Lipinski definition) is 3. The number of urea groups is 1. The van der Waals surface area contributed by atoms with Crippen LogP contribution in [-0.2, 0) is 0 Å². The van der Waals surface area contributed by atoms with Gasteiger partial charge < -0.3 is 15.7 Å². The molecule has 0 aliphatic rings. The predicted molar refractivity (Wildman–Crippen MR) is 90.7 cm³/mol. The molecule has 3 N–H and O–H groups in total. The molecule has 124 valence electrons. The number of aromatic nitrogens is 2. The number of hydrogen-bond donors (Lipinski definition) is 3. The summed E-state index contributed by atoms with van der Waals surface area (Å²) in [6, 6.07) is 9.31. The topological polar surface area (TPSA) is 79.2 Å². The molecule has 0 bridgehead atoms. The van der Waals surface area contributed by atoms with Gasteiger partial charge in [0.15, 0.2) is 0 Å². The number of carbonyl (C=O) groups excluding carboxylic acids is 1. The van der Waals surface area contributed by atoms with Crippen molar-refractivity contribution in [3.63, 3.8) is 0 Å². The van der Waals surface area contributed by atoms with Crippen molar-refractivity contribution in [2.75, 3.05) is 11.9 Å². The molecular formula is C17H24N4O2. The lowest BCUT2D eigenvalue weighted by atomic mass is 9.97. The fourth-order valence-electron chi connectivity index (χ4n) is 2.48. The van der Waals surface area contributed by atoms with Gasteiger partial charge in [0, 0.05) is 6.54 Å². The third-order valence-corrected chi connectivity index (χ3v) is 3.93. The average Bonchev–Trinajstić information content (AvgIpc) is 3.03. The standard InChI is InChI=1S/C17H24N4O2/c1-3-13(4-2)16(22)11-18-17(23)20-14-10-19-21(12-14)15-8-6-5-7-9-15/h5-10,12-13,16,22H,3-4,11H2,1-2H3,(H2,18,20,23). The first-order valence-corrected chi connectivity index (χ1v) is 7.97. The summed E-state index contributed by atoms with van der Waals surface area (Å²) in [7, 11) is 0. The molecule has 0 aliphatic heterocycles. The Bertz CT molecular complexity index is 608. The van der Waals surface area contributed by atoms with Crippen LogP contribution in [0.5, 0.6) is 0 Å². The minimum atomic E-state index is -0.525. The summed E-state index contributed by atoms with van der Waals surface area (Å²) < 4.78 is 1.69. The fraction of sp³-hybridized carbons (Fsp3) is 0.412. The number of carbonyl (C=O) groups is 1. The molecule has 0 fully saturated rings. The molecule has 6 nitrogen and oxygen atoms in total. The van der Waals surface area contributed by atoms with Gasteiger partial charge in [-0.15, -0.1) is 0 Å². The summed E-state index contributed by atoms with van der Waals surface area (Å²) in [4.78, 5) is 11.9. The van der Waals surface area contributed by atoms with Crippen molar-refractivity contribution in [3.8, 4) is 5.69 Å². The van der Waals surface area contributed by atoms with Crippen molar-refractivity contribution in [1.82, 2.24) is 15.1 Å². The molecule has 0 aliphatic carbocycles. The van der Waals surface area contributed by atoms with Crippen LogP contribution in [0.1, 0.15) is 26.7 Å². The number of nitrogens with one attached hydrogen (secondary N) is 2. The van der Waals surface area contributed by atoms with Crippen LogP contribution in [0.15, 0.2) is 42.7 Å². The van der Waals surface area contributed by atoms with Crippen LogP contribution in [0.4, 0.5) is 10.5 Å². The van der Waals surface area contributed by atoms with Gasteiger partial charge in [0.05, 0.1) is 29.9 Å². The van der Waals surface area contributed by atoms with Crippen LogP contribution in [0.25, 0.3) is 5.69 Å².